The van der Waals surface area contributed by atoms with Crippen LogP contribution < -0.4 is 10.5 Å². The van der Waals surface area contributed by atoms with Crippen LogP contribution in [0.1, 0.15) is 51.1 Å². The van der Waals surface area contributed by atoms with Gasteiger partial charge in [0.1, 0.15) is 6.10 Å². The number of hydrogen-bond acceptors (Lipinski definition) is 2. The highest BCUT2D eigenvalue weighted by Crippen LogP contribution is 2.30. The second-order valence-corrected chi connectivity index (χ2v) is 5.40. The van der Waals surface area contributed by atoms with Gasteiger partial charge in [-0.05, 0) is 49.8 Å². The quantitative estimate of drug-likeness (QED) is 0.886. The number of halogens is 1. The maximum Gasteiger partial charge on any atom is 0.165 e. The highest BCUT2D eigenvalue weighted by atomic mass is 19.1. The van der Waals surface area contributed by atoms with Crippen LogP contribution in [0.4, 0.5) is 4.39 Å². The van der Waals surface area contributed by atoms with Gasteiger partial charge in [0, 0.05) is 6.04 Å². The maximum atomic E-state index is 13.9. The highest BCUT2D eigenvalue weighted by Gasteiger charge is 2.23. The zero-order valence-electron chi connectivity index (χ0n) is 11.2. The molecule has 0 heterocycles. The van der Waals surface area contributed by atoms with Crippen molar-refractivity contribution in [2.75, 3.05) is 0 Å². The standard InChI is InChI=1S/C15H22FNO/c1-10-5-3-4-6-14(10)18-15-8-7-12(11(2)17)9-13(15)16/h7-11,14H,3-6,17H2,1-2H3. The van der Waals surface area contributed by atoms with Crippen molar-refractivity contribution in [3.8, 4) is 5.75 Å². The molecule has 3 heteroatoms. The molecule has 0 saturated heterocycles. The third-order valence-corrected chi connectivity index (χ3v) is 3.79. The highest BCUT2D eigenvalue weighted by molar-refractivity contribution is 5.31. The molecule has 0 aromatic heterocycles. The third-order valence-electron chi connectivity index (χ3n) is 3.79. The molecule has 0 bridgehead atoms. The van der Waals surface area contributed by atoms with Crippen LogP contribution in [-0.2, 0) is 0 Å². The van der Waals surface area contributed by atoms with Crippen LogP contribution in [0, 0.1) is 11.7 Å². The van der Waals surface area contributed by atoms with Gasteiger partial charge >= 0.3 is 0 Å². The van der Waals surface area contributed by atoms with E-state index in [1.165, 1.54) is 25.3 Å². The van der Waals surface area contributed by atoms with Crippen LogP contribution >= 0.6 is 0 Å². The second kappa shape index (κ2) is 5.70. The van der Waals surface area contributed by atoms with Crippen molar-refractivity contribution in [1.29, 1.82) is 0 Å². The van der Waals surface area contributed by atoms with E-state index in [1.54, 1.807) is 6.07 Å². The second-order valence-electron chi connectivity index (χ2n) is 5.40. The average Bonchev–Trinajstić information content (AvgIpc) is 2.34. The van der Waals surface area contributed by atoms with Crippen LogP contribution in [0.2, 0.25) is 0 Å². The van der Waals surface area contributed by atoms with Gasteiger partial charge < -0.3 is 10.5 Å². The molecule has 1 fully saturated rings. The van der Waals surface area contributed by atoms with E-state index in [4.69, 9.17) is 10.5 Å². The Balaban J connectivity index is 2.09. The van der Waals surface area contributed by atoms with E-state index in [2.05, 4.69) is 6.92 Å². The molecule has 18 heavy (non-hydrogen) atoms. The van der Waals surface area contributed by atoms with E-state index in [9.17, 15) is 4.39 Å². The zero-order valence-corrected chi connectivity index (χ0v) is 11.2. The zero-order chi connectivity index (χ0) is 13.1. The molecule has 0 radical (unpaired) electrons. The maximum absolute atomic E-state index is 13.9. The lowest BCUT2D eigenvalue weighted by atomic mass is 9.88. The summed E-state index contributed by atoms with van der Waals surface area (Å²) in [4.78, 5) is 0. The van der Waals surface area contributed by atoms with Crippen LogP contribution in [0.25, 0.3) is 0 Å². The van der Waals surface area contributed by atoms with Gasteiger partial charge in [-0.1, -0.05) is 19.4 Å². The molecular weight excluding hydrogens is 229 g/mol. The molecule has 100 valence electrons. The smallest absolute Gasteiger partial charge is 0.165 e. The molecular formula is C15H22FNO. The third kappa shape index (κ3) is 3.02. The van der Waals surface area contributed by atoms with Crippen molar-refractivity contribution < 1.29 is 9.13 Å². The molecule has 0 spiro atoms. The molecule has 0 aliphatic heterocycles. The summed E-state index contributed by atoms with van der Waals surface area (Å²) >= 11 is 0. The fourth-order valence-electron chi connectivity index (χ4n) is 2.52. The SMILES string of the molecule is CC(N)c1ccc(OC2CCCCC2C)c(F)c1. The molecule has 1 aromatic rings. The number of ether oxygens (including phenoxy) is 1. The molecule has 2 nitrogen and oxygen atoms in total. The first-order valence-corrected chi connectivity index (χ1v) is 6.79. The van der Waals surface area contributed by atoms with Gasteiger partial charge in [0.05, 0.1) is 0 Å². The normalized spacial score (nSPS) is 25.8. The molecule has 1 aromatic carbocycles. The van der Waals surface area contributed by atoms with Crippen molar-refractivity contribution >= 4 is 0 Å². The van der Waals surface area contributed by atoms with Crippen LogP contribution in [-0.4, -0.2) is 6.10 Å². The number of hydrogen-bond donors (Lipinski definition) is 1. The molecule has 2 N–H and O–H groups in total. The molecule has 0 amide bonds. The van der Waals surface area contributed by atoms with Crippen molar-refractivity contribution in [1.82, 2.24) is 0 Å². The first kappa shape index (κ1) is 13.3. The lowest BCUT2D eigenvalue weighted by Gasteiger charge is -2.29. The molecule has 2 rings (SSSR count). The Morgan fingerprint density at radius 3 is 2.67 bits per heavy atom. The fraction of sp³-hybridized carbons (Fsp3) is 0.600. The van der Waals surface area contributed by atoms with Gasteiger partial charge in [0.25, 0.3) is 0 Å². The van der Waals surface area contributed by atoms with Crippen LogP contribution in [0.3, 0.4) is 0 Å². The minimum absolute atomic E-state index is 0.148. The Morgan fingerprint density at radius 2 is 2.06 bits per heavy atom. The van der Waals surface area contributed by atoms with E-state index in [0.29, 0.717) is 11.7 Å². The number of rotatable bonds is 3. The van der Waals surface area contributed by atoms with E-state index in [1.807, 2.05) is 13.0 Å². The Morgan fingerprint density at radius 1 is 1.33 bits per heavy atom. The lowest BCUT2D eigenvalue weighted by molar-refractivity contribution is 0.0979. The Kier molecular flexibility index (Phi) is 4.23. The van der Waals surface area contributed by atoms with Gasteiger partial charge in [0.2, 0.25) is 0 Å². The number of benzene rings is 1. The molecule has 1 aliphatic carbocycles. The molecule has 3 unspecified atom stereocenters. The van der Waals surface area contributed by atoms with Crippen molar-refractivity contribution in [3.05, 3.63) is 29.6 Å². The van der Waals surface area contributed by atoms with Gasteiger partial charge in [-0.15, -0.1) is 0 Å². The lowest BCUT2D eigenvalue weighted by Crippen LogP contribution is -2.28. The molecule has 1 aliphatic rings. The van der Waals surface area contributed by atoms with Crippen molar-refractivity contribution in [2.24, 2.45) is 11.7 Å². The summed E-state index contributed by atoms with van der Waals surface area (Å²) in [5.74, 6) is 0.562. The van der Waals surface area contributed by atoms with Crippen LogP contribution in [0.15, 0.2) is 18.2 Å². The predicted molar refractivity (Wildman–Crippen MR) is 71.1 cm³/mol. The fourth-order valence-corrected chi connectivity index (χ4v) is 2.52. The molecule has 3 atom stereocenters. The number of nitrogens with two attached hydrogens (primary N) is 1. The van der Waals surface area contributed by atoms with Gasteiger partial charge in [-0.3, -0.25) is 0 Å². The monoisotopic (exact) mass is 251 g/mol. The average molecular weight is 251 g/mol. The predicted octanol–water partition coefficient (Wildman–Crippen LogP) is 3.80. The summed E-state index contributed by atoms with van der Waals surface area (Å²) in [5, 5.41) is 0. The minimum Gasteiger partial charge on any atom is -0.487 e. The van der Waals surface area contributed by atoms with Gasteiger partial charge in [-0.2, -0.15) is 0 Å². The summed E-state index contributed by atoms with van der Waals surface area (Å²) in [7, 11) is 0. The Bertz CT molecular complexity index is 405. The minimum atomic E-state index is -0.303. The summed E-state index contributed by atoms with van der Waals surface area (Å²) in [6.45, 7) is 4.02. The van der Waals surface area contributed by atoms with E-state index < -0.39 is 0 Å². The largest absolute Gasteiger partial charge is 0.487 e. The van der Waals surface area contributed by atoms with E-state index >= 15 is 0 Å². The first-order valence-electron chi connectivity index (χ1n) is 6.79. The van der Waals surface area contributed by atoms with Gasteiger partial charge in [-0.25, -0.2) is 4.39 Å². The Labute approximate surface area is 108 Å². The van der Waals surface area contributed by atoms with E-state index in [-0.39, 0.29) is 18.0 Å². The van der Waals surface area contributed by atoms with Gasteiger partial charge in [0.15, 0.2) is 11.6 Å². The first-order chi connectivity index (χ1) is 8.58. The van der Waals surface area contributed by atoms with Crippen molar-refractivity contribution in [2.45, 2.75) is 51.7 Å². The molecule has 1 saturated carbocycles. The van der Waals surface area contributed by atoms with Crippen molar-refractivity contribution in [3.63, 3.8) is 0 Å². The Hall–Kier alpha value is -1.09. The van der Waals surface area contributed by atoms with Crippen LogP contribution in [0.5, 0.6) is 5.75 Å². The summed E-state index contributed by atoms with van der Waals surface area (Å²) in [6, 6.07) is 4.88. The van der Waals surface area contributed by atoms with E-state index in [0.717, 1.165) is 12.0 Å². The topological polar surface area (TPSA) is 35.2 Å². The summed E-state index contributed by atoms with van der Waals surface area (Å²) in [6.07, 6.45) is 4.77. The summed E-state index contributed by atoms with van der Waals surface area (Å²) in [5.41, 5.74) is 6.53. The summed E-state index contributed by atoms with van der Waals surface area (Å²) < 4.78 is 19.7.